The Bertz CT molecular complexity index is 401. The van der Waals surface area contributed by atoms with E-state index in [0.717, 1.165) is 11.8 Å². The molecule has 110 valence electrons. The van der Waals surface area contributed by atoms with Gasteiger partial charge < -0.3 is 20.1 Å². The van der Waals surface area contributed by atoms with Gasteiger partial charge in [-0.15, -0.1) is 0 Å². The third-order valence-electron chi connectivity index (χ3n) is 3.32. The summed E-state index contributed by atoms with van der Waals surface area (Å²) in [4.78, 5) is 4.00. The first-order chi connectivity index (χ1) is 8.55. The zero-order valence-electron chi connectivity index (χ0n) is 10.1. The van der Waals surface area contributed by atoms with Gasteiger partial charge in [-0.1, -0.05) is 11.8 Å². The Hall–Kier alpha value is -0.350. The smallest absolute Gasteiger partial charge is 0.388 e. The third kappa shape index (κ3) is 2.38. The summed E-state index contributed by atoms with van der Waals surface area (Å²) in [5, 5.41) is 29.7. The number of aliphatic imine (C=N–C) groups is 1. The molecular weight excluding hydrogens is 287 g/mol. The molecule has 0 aliphatic carbocycles. The molecule has 3 N–H and O–H groups in total. The molecule has 2 heterocycles. The van der Waals surface area contributed by atoms with Gasteiger partial charge in [0.1, 0.15) is 29.8 Å². The van der Waals surface area contributed by atoms with Gasteiger partial charge in [0.25, 0.3) is 0 Å². The van der Waals surface area contributed by atoms with Crippen molar-refractivity contribution >= 4 is 16.8 Å². The summed E-state index contributed by atoms with van der Waals surface area (Å²) in [6.07, 6.45) is -10.3. The molecule has 6 atom stereocenters. The number of fused-ring (bicyclic) bond motifs is 1. The van der Waals surface area contributed by atoms with Crippen LogP contribution in [0.4, 0.5) is 13.2 Å². The normalized spacial score (nSPS) is 42.5. The molecule has 1 fully saturated rings. The van der Waals surface area contributed by atoms with Gasteiger partial charge in [0.2, 0.25) is 0 Å². The van der Waals surface area contributed by atoms with Gasteiger partial charge in [0.15, 0.2) is 5.60 Å². The maximum Gasteiger partial charge on any atom is 0.419 e. The second-order valence-electron chi connectivity index (χ2n) is 4.81. The van der Waals surface area contributed by atoms with E-state index < -0.39 is 41.6 Å². The quantitative estimate of drug-likeness (QED) is 0.648. The van der Waals surface area contributed by atoms with Crippen LogP contribution in [0.3, 0.4) is 0 Å². The van der Waals surface area contributed by atoms with Crippen LogP contribution in [0.2, 0.25) is 0 Å². The van der Waals surface area contributed by atoms with Crippen molar-refractivity contribution in [1.82, 2.24) is 0 Å². The van der Waals surface area contributed by atoms with Crippen LogP contribution < -0.4 is 0 Å². The van der Waals surface area contributed by atoms with Crippen molar-refractivity contribution in [2.45, 2.75) is 55.4 Å². The number of nitrogens with zero attached hydrogens (tertiary/aromatic N) is 1. The number of hydrogen-bond acceptors (Lipinski definition) is 6. The summed E-state index contributed by atoms with van der Waals surface area (Å²) in [7, 11) is 0. The maximum absolute atomic E-state index is 12.8. The van der Waals surface area contributed by atoms with Crippen LogP contribution in [0.5, 0.6) is 0 Å². The lowest BCUT2D eigenvalue weighted by Crippen LogP contribution is -2.66. The molecule has 0 aromatic rings. The largest absolute Gasteiger partial charge is 0.419 e. The zero-order chi connectivity index (χ0) is 14.6. The van der Waals surface area contributed by atoms with E-state index in [1.807, 2.05) is 0 Å². The predicted octanol–water partition coefficient (Wildman–Crippen LogP) is 0.280. The fourth-order valence-corrected chi connectivity index (χ4v) is 3.17. The van der Waals surface area contributed by atoms with E-state index in [4.69, 9.17) is 4.74 Å². The van der Waals surface area contributed by atoms with E-state index in [-0.39, 0.29) is 0 Å². The minimum absolute atomic E-state index is 0.515. The fourth-order valence-electron chi connectivity index (χ4n) is 2.12. The number of thioether (sulfide) groups is 1. The first kappa shape index (κ1) is 15.0. The summed E-state index contributed by atoms with van der Waals surface area (Å²) >= 11 is 1.06. The van der Waals surface area contributed by atoms with E-state index in [1.54, 1.807) is 6.92 Å². The van der Waals surface area contributed by atoms with Crippen LogP contribution in [0.15, 0.2) is 4.99 Å². The van der Waals surface area contributed by atoms with E-state index in [2.05, 4.69) is 4.99 Å². The standard InChI is InChI=1S/C10H14F3NO4S/c1-3-14-4-5(15)6(16)7(18-8(4)19-3)9(2,17)10(11,12)13/h4-8,15-17H,1-2H3/t4-,5-,6+,7+,8-,9-/m1/s1. The van der Waals surface area contributed by atoms with E-state index in [0.29, 0.717) is 12.0 Å². The number of aliphatic hydroxyl groups is 3. The maximum atomic E-state index is 12.8. The lowest BCUT2D eigenvalue weighted by molar-refractivity contribution is -0.317. The summed E-state index contributed by atoms with van der Waals surface area (Å²) in [6, 6.07) is -0.819. The molecule has 19 heavy (non-hydrogen) atoms. The average molecular weight is 301 g/mol. The second kappa shape index (κ2) is 4.59. The first-order valence-electron chi connectivity index (χ1n) is 5.57. The van der Waals surface area contributed by atoms with Crippen molar-refractivity contribution in [3.05, 3.63) is 0 Å². The highest BCUT2D eigenvalue weighted by atomic mass is 32.2. The Morgan fingerprint density at radius 3 is 2.37 bits per heavy atom. The van der Waals surface area contributed by atoms with E-state index in [9.17, 15) is 28.5 Å². The lowest BCUT2D eigenvalue weighted by atomic mass is 9.87. The Morgan fingerprint density at radius 2 is 1.84 bits per heavy atom. The third-order valence-corrected chi connectivity index (χ3v) is 4.38. The van der Waals surface area contributed by atoms with E-state index in [1.165, 1.54) is 0 Å². The van der Waals surface area contributed by atoms with Crippen molar-refractivity contribution in [3.63, 3.8) is 0 Å². The molecular formula is C10H14F3NO4S. The summed E-state index contributed by atoms with van der Waals surface area (Å²) in [5.41, 5.74) is -4.09. The van der Waals surface area contributed by atoms with Crippen molar-refractivity contribution in [2.75, 3.05) is 0 Å². The molecule has 2 rings (SSSR count). The van der Waals surface area contributed by atoms with Gasteiger partial charge in [-0.05, 0) is 13.8 Å². The summed E-state index contributed by atoms with van der Waals surface area (Å²) in [6.45, 7) is 2.14. The summed E-state index contributed by atoms with van der Waals surface area (Å²) < 4.78 is 43.5. The minimum atomic E-state index is -4.98. The van der Waals surface area contributed by atoms with Gasteiger partial charge in [-0.3, -0.25) is 4.99 Å². The molecule has 0 aromatic heterocycles. The number of ether oxygens (including phenoxy) is 1. The van der Waals surface area contributed by atoms with Gasteiger partial charge in [-0.2, -0.15) is 13.2 Å². The van der Waals surface area contributed by atoms with Crippen LogP contribution >= 0.6 is 11.8 Å². The molecule has 0 unspecified atom stereocenters. The molecule has 0 amide bonds. The number of alkyl halides is 3. The first-order valence-corrected chi connectivity index (χ1v) is 6.45. The van der Waals surface area contributed by atoms with Crippen LogP contribution in [-0.2, 0) is 4.74 Å². The number of halogens is 3. The molecule has 2 aliphatic rings. The van der Waals surface area contributed by atoms with Gasteiger partial charge in [0, 0.05) is 0 Å². The Labute approximate surface area is 111 Å². The SMILES string of the molecule is CC1=N[C@@H]2[C@@H](O)[C@H](O)[C@@H]([C@@](C)(O)C(F)(F)F)O[C@@H]2S1. The second-order valence-corrected chi connectivity index (χ2v) is 6.10. The van der Waals surface area contributed by atoms with Crippen LogP contribution in [0.25, 0.3) is 0 Å². The Balaban J connectivity index is 2.26. The van der Waals surface area contributed by atoms with Crippen molar-refractivity contribution in [1.29, 1.82) is 0 Å². The molecule has 2 aliphatic heterocycles. The zero-order valence-corrected chi connectivity index (χ0v) is 10.9. The van der Waals surface area contributed by atoms with Gasteiger partial charge in [-0.25, -0.2) is 0 Å². The minimum Gasteiger partial charge on any atom is -0.388 e. The predicted molar refractivity (Wildman–Crippen MR) is 61.8 cm³/mol. The van der Waals surface area contributed by atoms with Gasteiger partial charge >= 0.3 is 6.18 Å². The Kier molecular flexibility index (Phi) is 3.63. The molecule has 0 spiro atoms. The number of aliphatic hydroxyl groups excluding tert-OH is 2. The average Bonchev–Trinajstić information content (AvgIpc) is 2.63. The summed E-state index contributed by atoms with van der Waals surface area (Å²) in [5.74, 6) is 0. The van der Waals surface area contributed by atoms with Crippen molar-refractivity contribution in [2.24, 2.45) is 4.99 Å². The Morgan fingerprint density at radius 1 is 1.26 bits per heavy atom. The van der Waals surface area contributed by atoms with E-state index >= 15 is 0 Å². The van der Waals surface area contributed by atoms with Crippen molar-refractivity contribution < 1.29 is 33.2 Å². The molecule has 0 bridgehead atoms. The monoisotopic (exact) mass is 301 g/mol. The highest BCUT2D eigenvalue weighted by molar-refractivity contribution is 8.14. The fraction of sp³-hybridized carbons (Fsp3) is 0.900. The van der Waals surface area contributed by atoms with Crippen molar-refractivity contribution in [3.8, 4) is 0 Å². The molecule has 0 radical (unpaired) electrons. The number of rotatable bonds is 1. The van der Waals surface area contributed by atoms with Crippen LogP contribution in [0, 0.1) is 0 Å². The topological polar surface area (TPSA) is 82.3 Å². The van der Waals surface area contributed by atoms with Gasteiger partial charge in [0.05, 0.1) is 5.04 Å². The highest BCUT2D eigenvalue weighted by Gasteiger charge is 2.62. The highest BCUT2D eigenvalue weighted by Crippen LogP contribution is 2.43. The molecule has 9 heteroatoms. The number of hydrogen-bond donors (Lipinski definition) is 3. The molecule has 0 saturated carbocycles. The van der Waals surface area contributed by atoms with Crippen LogP contribution in [-0.4, -0.2) is 61.9 Å². The molecule has 1 saturated heterocycles. The van der Waals surface area contributed by atoms with Crippen LogP contribution in [0.1, 0.15) is 13.8 Å². The lowest BCUT2D eigenvalue weighted by Gasteiger charge is -2.44. The molecule has 5 nitrogen and oxygen atoms in total. The molecule has 0 aromatic carbocycles.